The van der Waals surface area contributed by atoms with Crippen molar-refractivity contribution in [3.63, 3.8) is 0 Å². The Morgan fingerprint density at radius 3 is 3.00 bits per heavy atom. The second-order valence-electron chi connectivity index (χ2n) is 6.53. The minimum Gasteiger partial charge on any atom is -0.496 e. The third-order valence-electron chi connectivity index (χ3n) is 4.69. The van der Waals surface area contributed by atoms with Gasteiger partial charge in [0.2, 0.25) is 10.1 Å². The molecule has 3 N–H and O–H groups in total. The highest BCUT2D eigenvalue weighted by atomic mass is 32.1. The van der Waals surface area contributed by atoms with Crippen LogP contribution in [0.3, 0.4) is 0 Å². The Morgan fingerprint density at radius 1 is 1.44 bits per heavy atom. The van der Waals surface area contributed by atoms with Crippen LogP contribution in [0.2, 0.25) is 0 Å². The molecule has 0 saturated carbocycles. The molecule has 4 rings (SSSR count). The van der Waals surface area contributed by atoms with Gasteiger partial charge in [0.15, 0.2) is 0 Å². The topological polar surface area (TPSA) is 88.9 Å². The van der Waals surface area contributed by atoms with Gasteiger partial charge in [0.1, 0.15) is 5.75 Å². The summed E-state index contributed by atoms with van der Waals surface area (Å²) in [7, 11) is 1.67. The zero-order valence-corrected chi connectivity index (χ0v) is 15.1. The summed E-state index contributed by atoms with van der Waals surface area (Å²) in [6.07, 6.45) is 2.47. The minimum atomic E-state index is -0.823. The number of aliphatic hydroxyl groups is 1. The normalized spacial score (nSPS) is 20.6. The van der Waals surface area contributed by atoms with Crippen LogP contribution in [0.1, 0.15) is 12.0 Å². The predicted molar refractivity (Wildman–Crippen MR) is 98.4 cm³/mol. The van der Waals surface area contributed by atoms with Crippen molar-refractivity contribution >= 4 is 21.4 Å². The second kappa shape index (κ2) is 5.98. The Bertz CT molecular complexity index is 921. The fourth-order valence-corrected chi connectivity index (χ4v) is 4.09. The number of nitrogens with two attached hydrogens (primary N) is 1. The van der Waals surface area contributed by atoms with Crippen LogP contribution < -0.4 is 15.4 Å². The molecule has 1 aliphatic rings. The Labute approximate surface area is 149 Å². The van der Waals surface area contributed by atoms with Crippen LogP contribution in [0.4, 0.5) is 5.13 Å². The molecule has 1 saturated heterocycles. The number of ether oxygens (including phenoxy) is 1. The zero-order valence-electron chi connectivity index (χ0n) is 14.3. The van der Waals surface area contributed by atoms with Crippen molar-refractivity contribution in [1.82, 2.24) is 14.6 Å². The van der Waals surface area contributed by atoms with Gasteiger partial charge in [0, 0.05) is 18.7 Å². The molecular formula is C17H21N5O2S. The van der Waals surface area contributed by atoms with Gasteiger partial charge in [-0.3, -0.25) is 0 Å². The first-order valence-electron chi connectivity index (χ1n) is 8.20. The lowest BCUT2D eigenvalue weighted by molar-refractivity contribution is 0.0725. The van der Waals surface area contributed by atoms with Crippen LogP contribution in [0.5, 0.6) is 5.75 Å². The lowest BCUT2D eigenvalue weighted by atomic mass is 10.0. The van der Waals surface area contributed by atoms with Gasteiger partial charge in [0.05, 0.1) is 31.1 Å². The van der Waals surface area contributed by atoms with E-state index in [0.717, 1.165) is 39.2 Å². The van der Waals surface area contributed by atoms with Crippen molar-refractivity contribution in [3.8, 4) is 17.0 Å². The summed E-state index contributed by atoms with van der Waals surface area (Å²) in [5, 5.41) is 15.9. The fraction of sp³-hybridized carbons (Fsp3) is 0.412. The Morgan fingerprint density at radius 2 is 2.28 bits per heavy atom. The standard InChI is InChI=1S/C17H21N5O2S/c1-11-3-4-12(14(7-11)24-2)13-8-19-15-22(13)20-16(25-15)21-6-5-17(23,9-18)10-21/h3-4,7-8,23H,5-6,9-10,18H2,1-2H3. The molecule has 1 atom stereocenters. The molecule has 1 aliphatic heterocycles. The van der Waals surface area contributed by atoms with Gasteiger partial charge in [-0.15, -0.1) is 5.10 Å². The van der Waals surface area contributed by atoms with Gasteiger partial charge in [-0.25, -0.2) is 9.50 Å². The fourth-order valence-electron chi connectivity index (χ4n) is 3.19. The number of benzene rings is 1. The third-order valence-corrected chi connectivity index (χ3v) is 5.67. The number of hydrogen-bond acceptors (Lipinski definition) is 7. The zero-order chi connectivity index (χ0) is 17.6. The van der Waals surface area contributed by atoms with Gasteiger partial charge in [-0.2, -0.15) is 0 Å². The van der Waals surface area contributed by atoms with E-state index >= 15 is 0 Å². The molecule has 1 aromatic carbocycles. The molecule has 1 fully saturated rings. The van der Waals surface area contributed by atoms with E-state index in [4.69, 9.17) is 15.6 Å². The van der Waals surface area contributed by atoms with Crippen molar-refractivity contribution in [3.05, 3.63) is 30.0 Å². The van der Waals surface area contributed by atoms with Crippen LogP contribution in [0.25, 0.3) is 16.2 Å². The summed E-state index contributed by atoms with van der Waals surface area (Å²) < 4.78 is 7.36. The number of nitrogens with zero attached hydrogens (tertiary/aromatic N) is 4. The molecule has 8 heteroatoms. The SMILES string of the molecule is COc1cc(C)ccc1-c1cnc2sc(N3CCC(O)(CN)C3)nn12. The molecule has 7 nitrogen and oxygen atoms in total. The summed E-state index contributed by atoms with van der Waals surface area (Å²) in [4.78, 5) is 7.38. The third kappa shape index (κ3) is 2.76. The quantitative estimate of drug-likeness (QED) is 0.737. The Hall–Kier alpha value is -2.16. The number of aromatic nitrogens is 3. The molecule has 0 bridgehead atoms. The van der Waals surface area contributed by atoms with Crippen LogP contribution >= 0.6 is 11.3 Å². The smallest absolute Gasteiger partial charge is 0.214 e. The molecule has 0 aliphatic carbocycles. The molecule has 2 aromatic heterocycles. The molecule has 1 unspecified atom stereocenters. The molecule has 0 spiro atoms. The monoisotopic (exact) mass is 359 g/mol. The van der Waals surface area contributed by atoms with E-state index in [1.165, 1.54) is 11.3 Å². The first-order valence-corrected chi connectivity index (χ1v) is 9.02. The van der Waals surface area contributed by atoms with Crippen molar-refractivity contribution in [2.75, 3.05) is 31.6 Å². The highest BCUT2D eigenvalue weighted by molar-refractivity contribution is 7.20. The van der Waals surface area contributed by atoms with E-state index in [0.29, 0.717) is 13.0 Å². The van der Waals surface area contributed by atoms with E-state index in [2.05, 4.69) is 9.88 Å². The molecular weight excluding hydrogens is 338 g/mol. The van der Waals surface area contributed by atoms with E-state index in [9.17, 15) is 5.11 Å². The van der Waals surface area contributed by atoms with Crippen LogP contribution in [0, 0.1) is 6.92 Å². The van der Waals surface area contributed by atoms with Gasteiger partial charge in [0.25, 0.3) is 0 Å². The summed E-state index contributed by atoms with van der Waals surface area (Å²) in [6, 6.07) is 6.08. The number of hydrogen-bond donors (Lipinski definition) is 2. The maximum atomic E-state index is 10.4. The van der Waals surface area contributed by atoms with E-state index < -0.39 is 5.60 Å². The van der Waals surface area contributed by atoms with Crippen LogP contribution in [-0.4, -0.2) is 52.0 Å². The lowest BCUT2D eigenvalue weighted by Gasteiger charge is -2.20. The van der Waals surface area contributed by atoms with Crippen molar-refractivity contribution in [1.29, 1.82) is 0 Å². The van der Waals surface area contributed by atoms with Gasteiger partial charge >= 0.3 is 0 Å². The van der Waals surface area contributed by atoms with Crippen molar-refractivity contribution in [2.24, 2.45) is 5.73 Å². The number of β-amino-alcohol motifs (C(OH)–C–C–N with tert-alkyl or cyclic N) is 1. The maximum absolute atomic E-state index is 10.4. The summed E-state index contributed by atoms with van der Waals surface area (Å²) in [5.74, 6) is 0.801. The van der Waals surface area contributed by atoms with Crippen LogP contribution in [0.15, 0.2) is 24.4 Å². The van der Waals surface area contributed by atoms with E-state index in [1.54, 1.807) is 7.11 Å². The van der Waals surface area contributed by atoms with E-state index in [-0.39, 0.29) is 6.54 Å². The Balaban J connectivity index is 1.73. The molecule has 3 aromatic rings. The Kier molecular flexibility index (Phi) is 3.90. The average molecular weight is 359 g/mol. The summed E-state index contributed by atoms with van der Waals surface area (Å²) in [5.41, 5.74) is 7.84. The molecule has 25 heavy (non-hydrogen) atoms. The number of imidazole rings is 1. The molecule has 0 amide bonds. The summed E-state index contributed by atoms with van der Waals surface area (Å²) >= 11 is 1.51. The minimum absolute atomic E-state index is 0.262. The number of aryl methyl sites for hydroxylation is 1. The van der Waals surface area contributed by atoms with Gasteiger partial charge < -0.3 is 20.5 Å². The highest BCUT2D eigenvalue weighted by Crippen LogP contribution is 2.35. The lowest BCUT2D eigenvalue weighted by Crippen LogP contribution is -2.40. The highest BCUT2D eigenvalue weighted by Gasteiger charge is 2.36. The second-order valence-corrected chi connectivity index (χ2v) is 7.46. The summed E-state index contributed by atoms with van der Waals surface area (Å²) in [6.45, 7) is 3.54. The predicted octanol–water partition coefficient (Wildman–Crippen LogP) is 1.67. The molecule has 0 radical (unpaired) electrons. The van der Waals surface area contributed by atoms with Crippen LogP contribution in [-0.2, 0) is 0 Å². The number of rotatable bonds is 4. The van der Waals surface area contributed by atoms with Crippen molar-refractivity contribution < 1.29 is 9.84 Å². The average Bonchev–Trinajstić information content (AvgIpc) is 3.29. The first-order chi connectivity index (χ1) is 12.0. The first kappa shape index (κ1) is 16.3. The largest absolute Gasteiger partial charge is 0.496 e. The van der Waals surface area contributed by atoms with Gasteiger partial charge in [-0.1, -0.05) is 17.4 Å². The number of methoxy groups -OCH3 is 1. The van der Waals surface area contributed by atoms with E-state index in [1.807, 2.05) is 35.8 Å². The van der Waals surface area contributed by atoms with Crippen molar-refractivity contribution in [2.45, 2.75) is 18.9 Å². The molecule has 132 valence electrons. The maximum Gasteiger partial charge on any atom is 0.214 e. The molecule has 3 heterocycles. The number of fused-ring (bicyclic) bond motifs is 1. The number of anilines is 1. The van der Waals surface area contributed by atoms with Gasteiger partial charge in [-0.05, 0) is 31.0 Å².